The van der Waals surface area contributed by atoms with Crippen LogP contribution in [0.15, 0.2) is 36.4 Å². The SMILES string of the molecule is CN(CCCCCCC1=C(c2ccc(F)cc2)CCCc2cc(O)c(F)cc21)CCCCCS(=O)(=O)CCC(F)(F)F. The topological polar surface area (TPSA) is 57.6 Å². The lowest BCUT2D eigenvalue weighted by Gasteiger charge is -2.18. The third kappa shape index (κ3) is 11.3. The van der Waals surface area contributed by atoms with Crippen LogP contribution in [0.4, 0.5) is 22.0 Å². The highest BCUT2D eigenvalue weighted by atomic mass is 32.2. The number of alkyl halides is 3. The van der Waals surface area contributed by atoms with Gasteiger partial charge in [-0.1, -0.05) is 31.4 Å². The fourth-order valence-corrected chi connectivity index (χ4v) is 6.91. The van der Waals surface area contributed by atoms with Crippen molar-refractivity contribution in [3.63, 3.8) is 0 Å². The molecular weight excluding hydrogens is 573 g/mol. The van der Waals surface area contributed by atoms with Crippen molar-refractivity contribution in [2.24, 2.45) is 0 Å². The van der Waals surface area contributed by atoms with Crippen LogP contribution < -0.4 is 0 Å². The zero-order chi connectivity index (χ0) is 30.8. The number of rotatable bonds is 16. The van der Waals surface area contributed by atoms with Gasteiger partial charge in [-0.05, 0) is 124 Å². The molecule has 0 saturated heterocycles. The average molecular weight is 616 g/mol. The lowest BCUT2D eigenvalue weighted by Crippen LogP contribution is -2.21. The molecule has 2 aromatic carbocycles. The number of halogens is 5. The average Bonchev–Trinajstić information content (AvgIpc) is 3.09. The van der Waals surface area contributed by atoms with Crippen molar-refractivity contribution in [3.8, 4) is 5.75 Å². The molecule has 1 aliphatic carbocycles. The second-order valence-electron chi connectivity index (χ2n) is 11.3. The summed E-state index contributed by atoms with van der Waals surface area (Å²) in [5.41, 5.74) is 4.86. The van der Waals surface area contributed by atoms with Gasteiger partial charge in [0.2, 0.25) is 0 Å². The van der Waals surface area contributed by atoms with E-state index in [0.29, 0.717) is 12.8 Å². The fourth-order valence-electron chi connectivity index (χ4n) is 5.52. The number of phenols is 1. The van der Waals surface area contributed by atoms with Crippen molar-refractivity contribution < 1.29 is 35.5 Å². The van der Waals surface area contributed by atoms with Crippen molar-refractivity contribution in [2.45, 2.75) is 83.2 Å². The maximum Gasteiger partial charge on any atom is 0.390 e. The smallest absolute Gasteiger partial charge is 0.390 e. The first-order valence-electron chi connectivity index (χ1n) is 14.8. The molecule has 0 saturated carbocycles. The van der Waals surface area contributed by atoms with Crippen LogP contribution in [0.3, 0.4) is 0 Å². The molecule has 4 nitrogen and oxygen atoms in total. The standard InChI is InChI=1S/C32H42F5NO3S/c1-38(19-7-4-8-20-42(40,41)21-17-32(35,36)37)18-6-3-2-5-11-28-27(24-13-15-26(33)16-14-24)12-9-10-25-22-31(39)30(34)23-29(25)28/h13-16,22-23,39H,2-12,17-21H2,1H3. The summed E-state index contributed by atoms with van der Waals surface area (Å²) in [7, 11) is -1.67. The number of unbranched alkanes of at least 4 members (excludes halogenated alkanes) is 5. The van der Waals surface area contributed by atoms with E-state index in [0.717, 1.165) is 98.7 Å². The van der Waals surface area contributed by atoms with Gasteiger partial charge in [0.1, 0.15) is 5.82 Å². The summed E-state index contributed by atoms with van der Waals surface area (Å²) in [6, 6.07) is 9.40. The second-order valence-corrected chi connectivity index (χ2v) is 13.6. The van der Waals surface area contributed by atoms with E-state index in [4.69, 9.17) is 0 Å². The molecule has 1 aliphatic rings. The lowest BCUT2D eigenvalue weighted by atomic mass is 9.89. The molecule has 3 rings (SSSR count). The van der Waals surface area contributed by atoms with E-state index in [1.54, 1.807) is 12.1 Å². The third-order valence-electron chi connectivity index (χ3n) is 7.84. The van der Waals surface area contributed by atoms with Crippen molar-refractivity contribution in [3.05, 3.63) is 64.7 Å². The monoisotopic (exact) mass is 615 g/mol. The van der Waals surface area contributed by atoms with Crippen LogP contribution in [0.1, 0.15) is 87.3 Å². The molecule has 0 unspecified atom stereocenters. The molecule has 0 radical (unpaired) electrons. The highest BCUT2D eigenvalue weighted by Crippen LogP contribution is 2.40. The van der Waals surface area contributed by atoms with Crippen LogP contribution in [-0.4, -0.2) is 56.2 Å². The molecule has 42 heavy (non-hydrogen) atoms. The number of allylic oxidation sites excluding steroid dienone is 2. The molecule has 0 bridgehead atoms. The van der Waals surface area contributed by atoms with Crippen LogP contribution in [0.2, 0.25) is 0 Å². The Bertz CT molecular complexity index is 1290. The number of nitrogens with zero attached hydrogens (tertiary/aromatic N) is 1. The summed E-state index contributed by atoms with van der Waals surface area (Å²) >= 11 is 0. The van der Waals surface area contributed by atoms with Crippen LogP contribution in [0.25, 0.3) is 11.1 Å². The molecule has 2 aromatic rings. The van der Waals surface area contributed by atoms with Crippen LogP contribution >= 0.6 is 0 Å². The summed E-state index contributed by atoms with van der Waals surface area (Å²) in [5.74, 6) is -2.33. The van der Waals surface area contributed by atoms with Gasteiger partial charge in [0, 0.05) is 0 Å². The maximum absolute atomic E-state index is 14.4. The molecule has 10 heteroatoms. The summed E-state index contributed by atoms with van der Waals surface area (Å²) in [6.07, 6.45) is 3.11. The Labute approximate surface area is 246 Å². The lowest BCUT2D eigenvalue weighted by molar-refractivity contribution is -0.129. The molecule has 234 valence electrons. The normalized spacial score (nSPS) is 14.4. The Balaban J connectivity index is 1.44. The van der Waals surface area contributed by atoms with E-state index in [1.165, 1.54) is 24.3 Å². The molecule has 0 spiro atoms. The number of benzene rings is 2. The Morgan fingerprint density at radius 2 is 1.50 bits per heavy atom. The minimum absolute atomic E-state index is 0.204. The molecular formula is C32H42F5NO3S. The Kier molecular flexibility index (Phi) is 12.8. The Hall–Kier alpha value is -2.46. The Morgan fingerprint density at radius 1 is 0.857 bits per heavy atom. The first-order chi connectivity index (χ1) is 19.8. The molecule has 0 heterocycles. The molecule has 0 amide bonds. The summed E-state index contributed by atoms with van der Waals surface area (Å²) < 4.78 is 88.3. The maximum atomic E-state index is 14.4. The molecule has 0 atom stereocenters. The first kappa shape index (κ1) is 34.0. The number of phenolic OH excluding ortho intramolecular Hbond substituents is 1. The third-order valence-corrected chi connectivity index (χ3v) is 9.57. The van der Waals surface area contributed by atoms with Gasteiger partial charge in [-0.25, -0.2) is 17.2 Å². The number of aromatic hydroxyl groups is 1. The van der Waals surface area contributed by atoms with Crippen molar-refractivity contribution in [1.29, 1.82) is 0 Å². The summed E-state index contributed by atoms with van der Waals surface area (Å²) in [5, 5.41) is 9.95. The van der Waals surface area contributed by atoms with Crippen LogP contribution in [-0.2, 0) is 16.3 Å². The number of fused-ring (bicyclic) bond motifs is 1. The van der Waals surface area contributed by atoms with Gasteiger partial charge in [-0.3, -0.25) is 0 Å². The van der Waals surface area contributed by atoms with Gasteiger partial charge in [0.05, 0.1) is 17.9 Å². The van der Waals surface area contributed by atoms with Gasteiger partial charge >= 0.3 is 6.18 Å². The first-order valence-corrected chi connectivity index (χ1v) is 16.6. The van der Waals surface area contributed by atoms with E-state index < -0.39 is 34.0 Å². The Morgan fingerprint density at radius 3 is 2.17 bits per heavy atom. The predicted octanol–water partition coefficient (Wildman–Crippen LogP) is 8.34. The van der Waals surface area contributed by atoms with Crippen LogP contribution in [0, 0.1) is 11.6 Å². The molecule has 1 N–H and O–H groups in total. The van der Waals surface area contributed by atoms with Gasteiger partial charge in [-0.2, -0.15) is 13.2 Å². The van der Waals surface area contributed by atoms with Gasteiger partial charge in [0.15, 0.2) is 21.4 Å². The van der Waals surface area contributed by atoms with Crippen LogP contribution in [0.5, 0.6) is 5.75 Å². The quantitative estimate of drug-likeness (QED) is 0.152. The highest BCUT2D eigenvalue weighted by molar-refractivity contribution is 7.91. The summed E-state index contributed by atoms with van der Waals surface area (Å²) in [6.45, 7) is 1.69. The van der Waals surface area contributed by atoms with Crippen molar-refractivity contribution in [2.75, 3.05) is 31.6 Å². The number of aryl methyl sites for hydroxylation is 1. The number of hydrogen-bond acceptors (Lipinski definition) is 4. The molecule has 0 fully saturated rings. The van der Waals surface area contributed by atoms with E-state index in [9.17, 15) is 35.5 Å². The second kappa shape index (κ2) is 15.8. The van der Waals surface area contributed by atoms with Crippen molar-refractivity contribution in [1.82, 2.24) is 4.90 Å². The van der Waals surface area contributed by atoms with Gasteiger partial charge < -0.3 is 10.0 Å². The largest absolute Gasteiger partial charge is 0.505 e. The summed E-state index contributed by atoms with van der Waals surface area (Å²) in [4.78, 5) is 2.18. The zero-order valence-electron chi connectivity index (χ0n) is 24.3. The minimum atomic E-state index is -4.45. The predicted molar refractivity (Wildman–Crippen MR) is 158 cm³/mol. The minimum Gasteiger partial charge on any atom is -0.505 e. The number of hydrogen-bond donors (Lipinski definition) is 1. The highest BCUT2D eigenvalue weighted by Gasteiger charge is 2.29. The number of sulfone groups is 1. The van der Waals surface area contributed by atoms with Gasteiger partial charge in [0.25, 0.3) is 0 Å². The van der Waals surface area contributed by atoms with E-state index in [2.05, 4.69) is 4.90 Å². The molecule has 0 aliphatic heterocycles. The fraction of sp³-hybridized carbons (Fsp3) is 0.562. The van der Waals surface area contributed by atoms with Gasteiger partial charge in [-0.15, -0.1) is 0 Å². The molecule has 0 aromatic heterocycles. The van der Waals surface area contributed by atoms with E-state index >= 15 is 0 Å². The van der Waals surface area contributed by atoms with Crippen molar-refractivity contribution >= 4 is 21.0 Å². The van der Waals surface area contributed by atoms with E-state index in [1.807, 2.05) is 7.05 Å². The zero-order valence-corrected chi connectivity index (χ0v) is 25.1. The van der Waals surface area contributed by atoms with E-state index in [-0.39, 0.29) is 17.3 Å².